The van der Waals surface area contributed by atoms with Crippen molar-refractivity contribution in [3.63, 3.8) is 0 Å². The number of ether oxygens (including phenoxy) is 1. The molecule has 216 valence electrons. The summed E-state index contributed by atoms with van der Waals surface area (Å²) in [4.78, 5) is 12.8. The lowest BCUT2D eigenvalue weighted by Crippen LogP contribution is -2.25. The molecule has 0 heterocycles. The first-order chi connectivity index (χ1) is 18.7. The van der Waals surface area contributed by atoms with Crippen LogP contribution in [0.1, 0.15) is 35.6 Å². The van der Waals surface area contributed by atoms with E-state index in [1.165, 1.54) is 31.2 Å². The second-order valence-electron chi connectivity index (χ2n) is 9.30. The summed E-state index contributed by atoms with van der Waals surface area (Å²) in [5.74, 6) is -1.73. The lowest BCUT2D eigenvalue weighted by Gasteiger charge is -2.23. The number of benzene rings is 3. The summed E-state index contributed by atoms with van der Waals surface area (Å²) >= 11 is 0. The Morgan fingerprint density at radius 2 is 1.65 bits per heavy atom. The molecule has 0 aliphatic rings. The van der Waals surface area contributed by atoms with Gasteiger partial charge in [-0.25, -0.2) is 17.2 Å². The minimum atomic E-state index is -4.48. The number of carbonyl (C=O) groups is 1. The van der Waals surface area contributed by atoms with Gasteiger partial charge >= 0.3 is 6.18 Å². The first-order valence-electron chi connectivity index (χ1n) is 12.2. The van der Waals surface area contributed by atoms with Crippen molar-refractivity contribution < 1.29 is 39.9 Å². The predicted octanol–water partition coefficient (Wildman–Crippen LogP) is 5.49. The molecule has 12 heteroatoms. The van der Waals surface area contributed by atoms with Gasteiger partial charge in [0.15, 0.2) is 9.84 Å². The van der Waals surface area contributed by atoms with E-state index in [2.05, 4.69) is 5.32 Å². The zero-order valence-corrected chi connectivity index (χ0v) is 22.7. The SMILES string of the molecule is CC(=O)NCc1c(F)cc(OCCCN(Cc2ccc(F)cc2)Cc2cccc(C(F)(F)F)c2)cc1S(C)(=O)=O. The van der Waals surface area contributed by atoms with Crippen molar-refractivity contribution in [2.45, 2.75) is 44.1 Å². The maximum atomic E-state index is 14.7. The molecule has 0 radical (unpaired) electrons. The molecule has 0 saturated carbocycles. The van der Waals surface area contributed by atoms with Crippen LogP contribution in [0.15, 0.2) is 65.6 Å². The van der Waals surface area contributed by atoms with Gasteiger partial charge < -0.3 is 10.1 Å². The van der Waals surface area contributed by atoms with Crippen molar-refractivity contribution in [1.82, 2.24) is 10.2 Å². The highest BCUT2D eigenvalue weighted by Crippen LogP contribution is 2.30. The molecule has 0 atom stereocenters. The van der Waals surface area contributed by atoms with Gasteiger partial charge in [0.05, 0.1) is 17.1 Å². The van der Waals surface area contributed by atoms with Crippen molar-refractivity contribution in [3.05, 3.63) is 94.6 Å². The van der Waals surface area contributed by atoms with Gasteiger partial charge in [-0.2, -0.15) is 13.2 Å². The fourth-order valence-electron chi connectivity index (χ4n) is 4.03. The minimum absolute atomic E-state index is 0.0209. The Labute approximate surface area is 229 Å². The molecule has 3 rings (SSSR count). The third kappa shape index (κ3) is 9.30. The van der Waals surface area contributed by atoms with E-state index in [1.807, 2.05) is 4.90 Å². The van der Waals surface area contributed by atoms with Crippen LogP contribution < -0.4 is 10.1 Å². The molecular formula is C28H29F5N2O4S. The molecule has 0 aliphatic carbocycles. The second-order valence-corrected chi connectivity index (χ2v) is 11.3. The molecule has 0 spiro atoms. The van der Waals surface area contributed by atoms with Gasteiger partial charge in [-0.05, 0) is 41.8 Å². The molecule has 0 bridgehead atoms. The van der Waals surface area contributed by atoms with Crippen molar-refractivity contribution in [2.24, 2.45) is 0 Å². The van der Waals surface area contributed by atoms with Gasteiger partial charge in [0.1, 0.15) is 17.4 Å². The Bertz CT molecular complexity index is 1430. The normalized spacial score (nSPS) is 12.0. The van der Waals surface area contributed by atoms with Gasteiger partial charge in [-0.15, -0.1) is 0 Å². The highest BCUT2D eigenvalue weighted by molar-refractivity contribution is 7.90. The van der Waals surface area contributed by atoms with Crippen LogP contribution in [0, 0.1) is 11.6 Å². The van der Waals surface area contributed by atoms with E-state index < -0.39 is 39.1 Å². The molecule has 3 aromatic carbocycles. The third-order valence-electron chi connectivity index (χ3n) is 5.91. The van der Waals surface area contributed by atoms with Crippen LogP contribution in [0.25, 0.3) is 0 Å². The van der Waals surface area contributed by atoms with E-state index in [9.17, 15) is 35.2 Å². The largest absolute Gasteiger partial charge is 0.493 e. The number of hydrogen-bond donors (Lipinski definition) is 1. The van der Waals surface area contributed by atoms with Gasteiger partial charge in [-0.1, -0.05) is 30.3 Å². The fourth-order valence-corrected chi connectivity index (χ4v) is 4.98. The number of alkyl halides is 3. The van der Waals surface area contributed by atoms with Gasteiger partial charge in [-0.3, -0.25) is 9.69 Å². The Kier molecular flexibility index (Phi) is 10.3. The molecule has 0 saturated heterocycles. The summed E-state index contributed by atoms with van der Waals surface area (Å²) in [5, 5.41) is 2.38. The summed E-state index contributed by atoms with van der Waals surface area (Å²) in [6.45, 7) is 1.82. The van der Waals surface area contributed by atoms with Crippen LogP contribution >= 0.6 is 0 Å². The number of carbonyl (C=O) groups excluding carboxylic acids is 1. The summed E-state index contributed by atoms with van der Waals surface area (Å²) < 4.78 is 97.8. The third-order valence-corrected chi connectivity index (χ3v) is 7.07. The molecule has 0 fully saturated rings. The van der Waals surface area contributed by atoms with Gasteiger partial charge in [0.25, 0.3) is 0 Å². The quantitative estimate of drug-likeness (QED) is 0.225. The molecule has 0 aliphatic heterocycles. The van der Waals surface area contributed by atoms with Crippen molar-refractivity contribution in [3.8, 4) is 5.75 Å². The number of sulfone groups is 1. The standard InChI is InChI=1S/C28H29F5N2O4S/c1-19(36)34-16-25-26(30)14-24(15-27(25)40(2,37)38)39-12-4-11-35(17-20-7-9-23(29)10-8-20)18-21-5-3-6-22(13-21)28(31,32)33/h3,5-10,13-15H,4,11-12,16-18H2,1-2H3,(H,34,36). The molecule has 6 nitrogen and oxygen atoms in total. The van der Waals surface area contributed by atoms with Crippen molar-refractivity contribution in [2.75, 3.05) is 19.4 Å². The van der Waals surface area contributed by atoms with E-state index in [0.29, 0.717) is 25.1 Å². The van der Waals surface area contributed by atoms with Crippen LogP contribution in [-0.4, -0.2) is 38.6 Å². The Morgan fingerprint density at radius 3 is 2.27 bits per heavy atom. The minimum Gasteiger partial charge on any atom is -0.493 e. The number of halogens is 5. The molecule has 3 aromatic rings. The van der Waals surface area contributed by atoms with E-state index in [-0.39, 0.29) is 35.9 Å². The molecule has 1 N–H and O–H groups in total. The maximum Gasteiger partial charge on any atom is 0.416 e. The lowest BCUT2D eigenvalue weighted by atomic mass is 10.1. The molecule has 0 unspecified atom stereocenters. The van der Waals surface area contributed by atoms with E-state index in [4.69, 9.17) is 4.74 Å². The van der Waals surface area contributed by atoms with Crippen LogP contribution in [0.3, 0.4) is 0 Å². The first-order valence-corrected chi connectivity index (χ1v) is 14.1. The second kappa shape index (κ2) is 13.2. The van der Waals surface area contributed by atoms with Crippen LogP contribution in [0.2, 0.25) is 0 Å². The van der Waals surface area contributed by atoms with Gasteiger partial charge in [0.2, 0.25) is 5.91 Å². The number of hydrogen-bond acceptors (Lipinski definition) is 5. The Hall–Kier alpha value is -3.51. The monoisotopic (exact) mass is 584 g/mol. The van der Waals surface area contributed by atoms with Crippen LogP contribution in [0.5, 0.6) is 5.75 Å². The number of nitrogens with one attached hydrogen (secondary N) is 1. The average molecular weight is 585 g/mol. The predicted molar refractivity (Wildman–Crippen MR) is 139 cm³/mol. The fraction of sp³-hybridized carbons (Fsp3) is 0.321. The average Bonchev–Trinajstić information content (AvgIpc) is 2.86. The maximum absolute atomic E-state index is 14.7. The van der Waals surface area contributed by atoms with Crippen LogP contribution in [0.4, 0.5) is 22.0 Å². The van der Waals surface area contributed by atoms with Crippen molar-refractivity contribution in [1.29, 1.82) is 0 Å². The Balaban J connectivity index is 1.72. The molecule has 1 amide bonds. The summed E-state index contributed by atoms with van der Waals surface area (Å²) in [6.07, 6.45) is -3.20. The number of amides is 1. The lowest BCUT2D eigenvalue weighted by molar-refractivity contribution is -0.137. The zero-order valence-electron chi connectivity index (χ0n) is 21.9. The number of rotatable bonds is 12. The van der Waals surface area contributed by atoms with Crippen LogP contribution in [-0.2, 0) is 40.4 Å². The zero-order chi connectivity index (χ0) is 29.5. The molecular weight excluding hydrogens is 555 g/mol. The summed E-state index contributed by atoms with van der Waals surface area (Å²) in [5.41, 5.74) is 0.244. The van der Waals surface area contributed by atoms with E-state index in [0.717, 1.165) is 30.0 Å². The van der Waals surface area contributed by atoms with Gasteiger partial charge in [0, 0.05) is 51.0 Å². The molecule has 0 aromatic heterocycles. The Morgan fingerprint density at radius 1 is 0.975 bits per heavy atom. The molecule has 40 heavy (non-hydrogen) atoms. The highest BCUT2D eigenvalue weighted by Gasteiger charge is 2.30. The van der Waals surface area contributed by atoms with E-state index in [1.54, 1.807) is 18.2 Å². The number of nitrogens with zero attached hydrogens (tertiary/aromatic N) is 1. The van der Waals surface area contributed by atoms with E-state index >= 15 is 0 Å². The first kappa shape index (κ1) is 31.0. The topological polar surface area (TPSA) is 75.7 Å². The smallest absolute Gasteiger partial charge is 0.416 e. The van der Waals surface area contributed by atoms with Crippen molar-refractivity contribution >= 4 is 15.7 Å². The summed E-state index contributed by atoms with van der Waals surface area (Å²) in [6, 6.07) is 13.0. The highest BCUT2D eigenvalue weighted by atomic mass is 32.2. The summed E-state index contributed by atoms with van der Waals surface area (Å²) in [7, 11) is -3.84.